The van der Waals surface area contributed by atoms with E-state index in [1.165, 1.54) is 16.7 Å². The molecule has 6 aromatic rings. The molecule has 4 nitrogen and oxygen atoms in total. The molecule has 4 heteroatoms. The first-order chi connectivity index (χ1) is 20.4. The third-order valence-electron chi connectivity index (χ3n) is 8.25. The second kappa shape index (κ2) is 10.5. The zero-order valence-corrected chi connectivity index (χ0v) is 26.1. The topological polar surface area (TPSA) is 50.4 Å². The van der Waals surface area contributed by atoms with Crippen molar-refractivity contribution in [2.24, 2.45) is 0 Å². The van der Waals surface area contributed by atoms with Gasteiger partial charge in [0.2, 0.25) is 0 Å². The Bertz CT molecular complexity index is 1920. The zero-order chi connectivity index (χ0) is 30.5. The summed E-state index contributed by atoms with van der Waals surface area (Å²) in [6.45, 7) is 15.7. The maximum absolute atomic E-state index is 10.6. The van der Waals surface area contributed by atoms with Crippen LogP contribution in [0.4, 0.5) is 0 Å². The van der Waals surface area contributed by atoms with Crippen molar-refractivity contribution in [3.8, 4) is 50.5 Å². The van der Waals surface area contributed by atoms with E-state index in [1.54, 1.807) is 6.07 Å². The van der Waals surface area contributed by atoms with Crippen LogP contribution < -0.4 is 0 Å². The van der Waals surface area contributed by atoms with Crippen molar-refractivity contribution in [3.05, 3.63) is 120 Å². The Balaban J connectivity index is 1.62. The summed E-state index contributed by atoms with van der Waals surface area (Å²) < 4.78 is 2.11. The normalized spacial score (nSPS) is 12.2. The van der Waals surface area contributed by atoms with E-state index in [2.05, 4.69) is 101 Å². The number of hydrogen-bond acceptors (Lipinski definition) is 3. The van der Waals surface area contributed by atoms with Crippen LogP contribution >= 0.6 is 0 Å². The largest absolute Gasteiger partial charge is 0.507 e. The summed E-state index contributed by atoms with van der Waals surface area (Å²) >= 11 is 0. The number of phenolic OH excluding ortho intramolecular Hbond substituents is 1. The smallest absolute Gasteiger partial charge is 0.145 e. The molecule has 3 aromatic carbocycles. The number of nitrogens with zero attached hydrogens (tertiary/aromatic N) is 3. The number of aromatic nitrogens is 3. The molecule has 0 bridgehead atoms. The van der Waals surface area contributed by atoms with E-state index in [0.717, 1.165) is 50.5 Å². The van der Waals surface area contributed by atoms with Gasteiger partial charge >= 0.3 is 0 Å². The predicted octanol–water partition coefficient (Wildman–Crippen LogP) is 10.0. The highest BCUT2D eigenvalue weighted by Crippen LogP contribution is 2.39. The number of benzene rings is 3. The summed E-state index contributed by atoms with van der Waals surface area (Å²) in [5.41, 5.74) is 12.4. The second-order valence-electron chi connectivity index (χ2n) is 13.5. The van der Waals surface area contributed by atoms with Gasteiger partial charge in [0.25, 0.3) is 0 Å². The van der Waals surface area contributed by atoms with Gasteiger partial charge < -0.3 is 9.51 Å². The van der Waals surface area contributed by atoms with Crippen LogP contribution in [0, 0.1) is 6.92 Å². The van der Waals surface area contributed by atoms with Crippen molar-refractivity contribution in [2.75, 3.05) is 0 Å². The number of fused-ring (bicyclic) bond motifs is 1. The van der Waals surface area contributed by atoms with Gasteiger partial charge in [0.15, 0.2) is 0 Å². The first kappa shape index (κ1) is 28.4. The van der Waals surface area contributed by atoms with Gasteiger partial charge in [-0.25, -0.2) is 4.98 Å². The summed E-state index contributed by atoms with van der Waals surface area (Å²) in [5.74, 6) is 0.225. The molecule has 216 valence electrons. The molecule has 0 atom stereocenters. The van der Waals surface area contributed by atoms with Crippen molar-refractivity contribution < 1.29 is 5.11 Å². The minimum atomic E-state index is 0.00973. The lowest BCUT2D eigenvalue weighted by atomic mass is 9.78. The fraction of sp³-hybridized carbons (Fsp3) is 0.231. The van der Waals surface area contributed by atoms with Crippen molar-refractivity contribution in [1.29, 1.82) is 0 Å². The lowest BCUT2D eigenvalue weighted by molar-refractivity contribution is 0.477. The van der Waals surface area contributed by atoms with Gasteiger partial charge in [-0.3, -0.25) is 4.98 Å². The van der Waals surface area contributed by atoms with Crippen molar-refractivity contribution in [2.45, 2.75) is 59.3 Å². The Kier molecular flexibility index (Phi) is 6.96. The highest BCUT2D eigenvalue weighted by Gasteiger charge is 2.22. The van der Waals surface area contributed by atoms with E-state index in [4.69, 9.17) is 9.97 Å². The van der Waals surface area contributed by atoms with Gasteiger partial charge in [0.1, 0.15) is 11.4 Å². The molecule has 0 radical (unpaired) electrons. The van der Waals surface area contributed by atoms with Gasteiger partial charge in [0, 0.05) is 34.8 Å². The fourth-order valence-electron chi connectivity index (χ4n) is 5.63. The van der Waals surface area contributed by atoms with Crippen LogP contribution in [0.5, 0.6) is 5.75 Å². The van der Waals surface area contributed by atoms with E-state index >= 15 is 0 Å². The average molecular weight is 566 g/mol. The second-order valence-corrected chi connectivity index (χ2v) is 13.5. The van der Waals surface area contributed by atoms with E-state index in [-0.39, 0.29) is 16.6 Å². The first-order valence-electron chi connectivity index (χ1n) is 14.9. The van der Waals surface area contributed by atoms with Crippen LogP contribution in [0.25, 0.3) is 50.4 Å². The molecule has 0 amide bonds. The molecule has 3 aromatic heterocycles. The fourth-order valence-corrected chi connectivity index (χ4v) is 5.63. The summed E-state index contributed by atoms with van der Waals surface area (Å²) in [6, 6.07) is 31.4. The number of aromatic hydroxyl groups is 1. The van der Waals surface area contributed by atoms with Gasteiger partial charge in [-0.05, 0) is 100 Å². The van der Waals surface area contributed by atoms with Gasteiger partial charge in [-0.2, -0.15) is 0 Å². The molecule has 6 rings (SSSR count). The predicted molar refractivity (Wildman–Crippen MR) is 179 cm³/mol. The van der Waals surface area contributed by atoms with Crippen LogP contribution in [-0.2, 0) is 10.8 Å². The number of aryl methyl sites for hydroxylation is 1. The molecule has 1 N–H and O–H groups in total. The number of pyridine rings is 2. The number of para-hydroxylation sites is 1. The van der Waals surface area contributed by atoms with Crippen LogP contribution in [0.3, 0.4) is 0 Å². The maximum atomic E-state index is 10.6. The minimum absolute atomic E-state index is 0.00973. The van der Waals surface area contributed by atoms with Crippen molar-refractivity contribution in [3.63, 3.8) is 0 Å². The Labute approximate surface area is 254 Å². The molecule has 0 aliphatic carbocycles. The first-order valence-corrected chi connectivity index (χ1v) is 14.9. The molecule has 0 saturated heterocycles. The molecule has 0 unspecified atom stereocenters. The molecule has 0 fully saturated rings. The molecular weight excluding hydrogens is 526 g/mol. The van der Waals surface area contributed by atoms with E-state index in [9.17, 15) is 5.11 Å². The van der Waals surface area contributed by atoms with Gasteiger partial charge in [-0.1, -0.05) is 77.9 Å². The highest BCUT2D eigenvalue weighted by molar-refractivity contribution is 5.87. The summed E-state index contributed by atoms with van der Waals surface area (Å²) in [7, 11) is 0. The monoisotopic (exact) mass is 565 g/mol. The van der Waals surface area contributed by atoms with Crippen LogP contribution in [-0.4, -0.2) is 19.5 Å². The lowest BCUT2D eigenvalue weighted by Crippen LogP contribution is -2.16. The van der Waals surface area contributed by atoms with Gasteiger partial charge in [-0.15, -0.1) is 0 Å². The van der Waals surface area contributed by atoms with E-state index < -0.39 is 0 Å². The number of hydrogen-bond donors (Lipinski definition) is 1. The third-order valence-corrected chi connectivity index (χ3v) is 8.25. The van der Waals surface area contributed by atoms with Crippen LogP contribution in [0.15, 0.2) is 103 Å². The van der Waals surface area contributed by atoms with E-state index in [0.29, 0.717) is 0 Å². The Morgan fingerprint density at radius 3 is 1.88 bits per heavy atom. The van der Waals surface area contributed by atoms with Crippen LogP contribution in [0.2, 0.25) is 0 Å². The number of phenols is 1. The average Bonchev–Trinajstić information content (AvgIpc) is 3.32. The SMILES string of the molecule is Cc1c(-c2ccccc2O)nc2c(-c3cc(-c4cc(C(C)(C)C)cc(C(C)(C)C)c4)cc(-c4ccccn4)c3)cccn12. The molecule has 0 spiro atoms. The molecular formula is C39H39N3O. The van der Waals surface area contributed by atoms with E-state index in [1.807, 2.05) is 49.6 Å². The zero-order valence-electron chi connectivity index (χ0n) is 26.1. The van der Waals surface area contributed by atoms with Crippen molar-refractivity contribution in [1.82, 2.24) is 14.4 Å². The van der Waals surface area contributed by atoms with Crippen molar-refractivity contribution >= 4 is 5.65 Å². The molecule has 0 aliphatic rings. The number of imidazole rings is 1. The summed E-state index contributed by atoms with van der Waals surface area (Å²) in [4.78, 5) is 9.82. The molecule has 0 saturated carbocycles. The quantitative estimate of drug-likeness (QED) is 0.231. The summed E-state index contributed by atoms with van der Waals surface area (Å²) in [5, 5.41) is 10.6. The Hall–Kier alpha value is -4.70. The minimum Gasteiger partial charge on any atom is -0.507 e. The van der Waals surface area contributed by atoms with Gasteiger partial charge in [0.05, 0.1) is 11.4 Å². The Morgan fingerprint density at radius 2 is 1.23 bits per heavy atom. The maximum Gasteiger partial charge on any atom is 0.145 e. The molecule has 3 heterocycles. The third kappa shape index (κ3) is 5.46. The Morgan fingerprint density at radius 1 is 0.628 bits per heavy atom. The molecule has 43 heavy (non-hydrogen) atoms. The van der Waals surface area contributed by atoms with Crippen LogP contribution in [0.1, 0.15) is 58.4 Å². The standard InChI is InChI=1S/C39H39N3O/c1-25-36(33-13-8-9-16-35(33)43)41-37-32(14-12-18-42(25)37)28-19-26(20-29(21-28)34-15-10-11-17-40-34)27-22-30(38(2,3)4)24-31(23-27)39(5,6)7/h8-24,43H,1-7H3. The lowest BCUT2D eigenvalue weighted by Gasteiger charge is -2.26. The summed E-state index contributed by atoms with van der Waals surface area (Å²) in [6.07, 6.45) is 3.88. The molecule has 0 aliphatic heterocycles. The highest BCUT2D eigenvalue weighted by atomic mass is 16.3. The number of rotatable bonds is 4.